The fraction of sp³-hybridized carbons (Fsp3) is 0.304. The number of aromatic nitrogens is 2. The highest BCUT2D eigenvalue weighted by Gasteiger charge is 2.47. The maximum absolute atomic E-state index is 13.7. The van der Waals surface area contributed by atoms with E-state index in [0.29, 0.717) is 29.2 Å². The SMILES string of the molecule is O=C1C2CCCCC2N(Cc2cc(=O)n3cc(Cl)ccc3n2)C(=O)N1c1ccc(F)c(Cl)c1. The Kier molecular flexibility index (Phi) is 5.58. The summed E-state index contributed by atoms with van der Waals surface area (Å²) in [6.45, 7) is 0.0626. The molecule has 1 saturated carbocycles. The number of fused-ring (bicyclic) bond motifs is 2. The molecule has 10 heteroatoms. The minimum absolute atomic E-state index is 0.0626. The van der Waals surface area contributed by atoms with Crippen molar-refractivity contribution in [2.24, 2.45) is 5.92 Å². The van der Waals surface area contributed by atoms with Crippen molar-refractivity contribution < 1.29 is 14.0 Å². The van der Waals surface area contributed by atoms with Crippen molar-refractivity contribution in [3.05, 3.63) is 74.5 Å². The van der Waals surface area contributed by atoms with Gasteiger partial charge in [0.05, 0.1) is 33.9 Å². The second-order valence-electron chi connectivity index (χ2n) is 8.30. The smallest absolute Gasteiger partial charge is 0.314 e. The first-order valence-electron chi connectivity index (χ1n) is 10.6. The molecule has 3 heterocycles. The average molecular weight is 489 g/mol. The van der Waals surface area contributed by atoms with Gasteiger partial charge in [0, 0.05) is 18.3 Å². The van der Waals surface area contributed by atoms with Gasteiger partial charge in [0.15, 0.2) is 0 Å². The molecule has 1 aromatic carbocycles. The number of rotatable bonds is 3. The largest absolute Gasteiger partial charge is 0.331 e. The zero-order valence-corrected chi connectivity index (χ0v) is 18.9. The van der Waals surface area contributed by atoms with Crippen LogP contribution in [0.4, 0.5) is 14.9 Å². The van der Waals surface area contributed by atoms with Gasteiger partial charge in [-0.2, -0.15) is 0 Å². The monoisotopic (exact) mass is 488 g/mol. The Morgan fingerprint density at radius 2 is 1.82 bits per heavy atom. The van der Waals surface area contributed by atoms with Gasteiger partial charge in [-0.1, -0.05) is 36.0 Å². The van der Waals surface area contributed by atoms with Gasteiger partial charge < -0.3 is 4.90 Å². The first-order chi connectivity index (χ1) is 15.8. The molecule has 33 heavy (non-hydrogen) atoms. The van der Waals surface area contributed by atoms with Crippen LogP contribution in [0.1, 0.15) is 31.4 Å². The second kappa shape index (κ2) is 8.43. The topological polar surface area (TPSA) is 75.0 Å². The second-order valence-corrected chi connectivity index (χ2v) is 9.15. The summed E-state index contributed by atoms with van der Waals surface area (Å²) in [6.07, 6.45) is 4.58. The van der Waals surface area contributed by atoms with Crippen LogP contribution in [0.15, 0.2) is 47.4 Å². The molecule has 0 N–H and O–H groups in total. The maximum atomic E-state index is 13.7. The van der Waals surface area contributed by atoms with Gasteiger partial charge in [-0.25, -0.2) is 19.1 Å². The van der Waals surface area contributed by atoms with Crippen molar-refractivity contribution in [1.29, 1.82) is 0 Å². The Balaban J connectivity index is 1.55. The number of carbonyl (C=O) groups excluding carboxylic acids is 2. The van der Waals surface area contributed by atoms with E-state index < -0.39 is 11.8 Å². The molecule has 1 aliphatic heterocycles. The summed E-state index contributed by atoms with van der Waals surface area (Å²) < 4.78 is 15.0. The highest BCUT2D eigenvalue weighted by atomic mass is 35.5. The third kappa shape index (κ3) is 3.87. The molecule has 3 aromatic rings. The van der Waals surface area contributed by atoms with Crippen molar-refractivity contribution in [2.75, 3.05) is 4.90 Å². The number of anilines is 1. The summed E-state index contributed by atoms with van der Waals surface area (Å²) in [5, 5.41) is 0.232. The molecule has 7 nitrogen and oxygen atoms in total. The summed E-state index contributed by atoms with van der Waals surface area (Å²) in [4.78, 5) is 46.6. The number of hydrogen-bond acceptors (Lipinski definition) is 4. The molecule has 0 bridgehead atoms. The maximum Gasteiger partial charge on any atom is 0.331 e. The molecule has 2 aliphatic rings. The van der Waals surface area contributed by atoms with E-state index in [2.05, 4.69) is 4.98 Å². The number of hydrogen-bond donors (Lipinski definition) is 0. The normalized spacial score (nSPS) is 20.9. The van der Waals surface area contributed by atoms with Crippen molar-refractivity contribution in [3.63, 3.8) is 0 Å². The third-order valence-electron chi connectivity index (χ3n) is 6.27. The molecule has 2 aromatic heterocycles. The van der Waals surface area contributed by atoms with Gasteiger partial charge in [-0.15, -0.1) is 0 Å². The van der Waals surface area contributed by atoms with Crippen molar-refractivity contribution in [3.8, 4) is 0 Å². The van der Waals surface area contributed by atoms with Crippen LogP contribution >= 0.6 is 23.2 Å². The number of benzene rings is 1. The molecule has 1 saturated heterocycles. The number of carbonyl (C=O) groups is 2. The fourth-order valence-corrected chi connectivity index (χ4v) is 5.07. The number of urea groups is 1. The fourth-order valence-electron chi connectivity index (χ4n) is 4.73. The Morgan fingerprint density at radius 3 is 2.61 bits per heavy atom. The van der Waals surface area contributed by atoms with Crippen LogP contribution in [0.25, 0.3) is 5.65 Å². The van der Waals surface area contributed by atoms with Gasteiger partial charge in [-0.3, -0.25) is 14.0 Å². The lowest BCUT2D eigenvalue weighted by atomic mass is 9.81. The van der Waals surface area contributed by atoms with Gasteiger partial charge in [0.25, 0.3) is 5.56 Å². The number of pyridine rings is 1. The minimum atomic E-state index is -0.634. The molecule has 2 fully saturated rings. The van der Waals surface area contributed by atoms with Crippen LogP contribution in [-0.4, -0.2) is 32.3 Å². The van der Waals surface area contributed by atoms with E-state index in [4.69, 9.17) is 23.2 Å². The molecule has 2 atom stereocenters. The van der Waals surface area contributed by atoms with Crippen molar-refractivity contribution >= 4 is 46.5 Å². The van der Waals surface area contributed by atoms with E-state index in [0.717, 1.165) is 23.8 Å². The zero-order valence-electron chi connectivity index (χ0n) is 17.4. The van der Waals surface area contributed by atoms with Gasteiger partial charge in [-0.05, 0) is 43.2 Å². The Bertz CT molecular complexity index is 1350. The molecular formula is C23H19Cl2FN4O3. The van der Waals surface area contributed by atoms with E-state index >= 15 is 0 Å². The molecule has 2 unspecified atom stereocenters. The van der Waals surface area contributed by atoms with Gasteiger partial charge >= 0.3 is 6.03 Å². The van der Waals surface area contributed by atoms with Gasteiger partial charge in [0.1, 0.15) is 11.5 Å². The Hall–Kier alpha value is -2.97. The number of imide groups is 1. The quantitative estimate of drug-likeness (QED) is 0.536. The summed E-state index contributed by atoms with van der Waals surface area (Å²) in [5.41, 5.74) is 0.711. The van der Waals surface area contributed by atoms with Crippen LogP contribution in [0.2, 0.25) is 10.0 Å². The molecule has 0 radical (unpaired) electrons. The van der Waals surface area contributed by atoms with Crippen LogP contribution < -0.4 is 10.5 Å². The van der Waals surface area contributed by atoms with E-state index in [1.165, 1.54) is 28.8 Å². The predicted molar refractivity (Wildman–Crippen MR) is 122 cm³/mol. The van der Waals surface area contributed by atoms with E-state index in [-0.39, 0.29) is 40.7 Å². The Labute approximate surface area is 198 Å². The van der Waals surface area contributed by atoms with Crippen molar-refractivity contribution in [1.82, 2.24) is 14.3 Å². The zero-order chi connectivity index (χ0) is 23.3. The lowest BCUT2D eigenvalue weighted by Gasteiger charge is -2.46. The molecule has 0 spiro atoms. The molecule has 3 amide bonds. The first-order valence-corrected chi connectivity index (χ1v) is 11.4. The molecular weight excluding hydrogens is 470 g/mol. The third-order valence-corrected chi connectivity index (χ3v) is 6.79. The molecule has 5 rings (SSSR count). The van der Waals surface area contributed by atoms with E-state index in [1.54, 1.807) is 17.0 Å². The van der Waals surface area contributed by atoms with Crippen LogP contribution in [0.5, 0.6) is 0 Å². The van der Waals surface area contributed by atoms with Crippen LogP contribution in [0, 0.1) is 11.7 Å². The number of halogens is 3. The lowest BCUT2D eigenvalue weighted by Crippen LogP contribution is -2.62. The van der Waals surface area contributed by atoms with E-state index in [9.17, 15) is 18.8 Å². The summed E-state index contributed by atoms with van der Waals surface area (Å²) in [6, 6.07) is 7.57. The molecule has 170 valence electrons. The van der Waals surface area contributed by atoms with Crippen molar-refractivity contribution in [2.45, 2.75) is 38.3 Å². The van der Waals surface area contributed by atoms with E-state index in [1.807, 2.05) is 0 Å². The standard InChI is InChI=1S/C23H19Cl2FN4O3/c24-13-5-8-20-27-14(9-21(31)29(20)11-13)12-28-19-4-2-1-3-16(19)22(32)30(23(28)33)15-6-7-18(26)17(25)10-15/h5-11,16,19H,1-4,12H2. The van der Waals surface area contributed by atoms with Crippen LogP contribution in [0.3, 0.4) is 0 Å². The lowest BCUT2D eigenvalue weighted by molar-refractivity contribution is -0.126. The highest BCUT2D eigenvalue weighted by Crippen LogP contribution is 2.37. The number of nitrogens with zero attached hydrogens (tertiary/aromatic N) is 4. The average Bonchev–Trinajstić information content (AvgIpc) is 2.79. The predicted octanol–water partition coefficient (Wildman–Crippen LogP) is 4.67. The van der Waals surface area contributed by atoms with Gasteiger partial charge in [0.2, 0.25) is 5.91 Å². The summed E-state index contributed by atoms with van der Waals surface area (Å²) in [5.74, 6) is -1.34. The van der Waals surface area contributed by atoms with Crippen LogP contribution in [-0.2, 0) is 11.3 Å². The Morgan fingerprint density at radius 1 is 1.03 bits per heavy atom. The minimum Gasteiger partial charge on any atom is -0.314 e. The highest BCUT2D eigenvalue weighted by molar-refractivity contribution is 6.31. The first kappa shape index (κ1) is 21.9. The summed E-state index contributed by atoms with van der Waals surface area (Å²) in [7, 11) is 0. The summed E-state index contributed by atoms with van der Waals surface area (Å²) >= 11 is 11.9. The molecule has 1 aliphatic carbocycles. The number of amides is 3.